The SMILES string of the molecule is CCc1ccc(C(=O)OOC(C)COC(C)(C)C)cc1. The lowest BCUT2D eigenvalue weighted by Gasteiger charge is -2.21. The highest BCUT2D eigenvalue weighted by molar-refractivity contribution is 5.88. The van der Waals surface area contributed by atoms with Crippen LogP contribution >= 0.6 is 0 Å². The Morgan fingerprint density at radius 2 is 1.80 bits per heavy atom. The predicted molar refractivity (Wildman–Crippen MR) is 77.5 cm³/mol. The zero-order valence-corrected chi connectivity index (χ0v) is 12.9. The molecule has 1 aromatic rings. The van der Waals surface area contributed by atoms with Gasteiger partial charge >= 0.3 is 5.97 Å². The van der Waals surface area contributed by atoms with E-state index in [9.17, 15) is 4.79 Å². The molecule has 112 valence electrons. The lowest BCUT2D eigenvalue weighted by atomic mass is 10.1. The molecule has 1 rings (SSSR count). The molecule has 0 amide bonds. The van der Waals surface area contributed by atoms with E-state index in [1.165, 1.54) is 5.56 Å². The van der Waals surface area contributed by atoms with E-state index in [4.69, 9.17) is 14.5 Å². The van der Waals surface area contributed by atoms with E-state index >= 15 is 0 Å². The van der Waals surface area contributed by atoms with Gasteiger partial charge in [-0.15, -0.1) is 0 Å². The zero-order valence-electron chi connectivity index (χ0n) is 12.9. The largest absolute Gasteiger partial charge is 0.373 e. The second-order valence-electron chi connectivity index (χ2n) is 5.75. The molecule has 0 radical (unpaired) electrons. The molecule has 0 N–H and O–H groups in total. The average Bonchev–Trinajstić information content (AvgIpc) is 2.41. The second-order valence-corrected chi connectivity index (χ2v) is 5.75. The van der Waals surface area contributed by atoms with Gasteiger partial charge in [0.25, 0.3) is 0 Å². The van der Waals surface area contributed by atoms with E-state index in [1.54, 1.807) is 19.1 Å². The minimum atomic E-state index is -0.490. The van der Waals surface area contributed by atoms with E-state index in [-0.39, 0.29) is 11.7 Å². The van der Waals surface area contributed by atoms with Crippen LogP contribution in [0.3, 0.4) is 0 Å². The monoisotopic (exact) mass is 280 g/mol. The van der Waals surface area contributed by atoms with Gasteiger partial charge in [0.2, 0.25) is 0 Å². The van der Waals surface area contributed by atoms with E-state index < -0.39 is 5.97 Å². The Hall–Kier alpha value is -1.39. The van der Waals surface area contributed by atoms with Crippen molar-refractivity contribution in [2.75, 3.05) is 6.61 Å². The number of carbonyl (C=O) groups is 1. The van der Waals surface area contributed by atoms with Crippen LogP contribution in [0.2, 0.25) is 0 Å². The van der Waals surface area contributed by atoms with Gasteiger partial charge < -0.3 is 4.74 Å². The van der Waals surface area contributed by atoms with Crippen molar-refractivity contribution in [2.45, 2.75) is 52.7 Å². The molecule has 1 aromatic carbocycles. The first kappa shape index (κ1) is 16.7. The van der Waals surface area contributed by atoms with Crippen molar-refractivity contribution in [3.63, 3.8) is 0 Å². The van der Waals surface area contributed by atoms with E-state index in [0.717, 1.165) is 6.42 Å². The number of carbonyl (C=O) groups excluding carboxylic acids is 1. The van der Waals surface area contributed by atoms with Crippen LogP contribution in [0.4, 0.5) is 0 Å². The Morgan fingerprint density at radius 1 is 1.20 bits per heavy atom. The van der Waals surface area contributed by atoms with Gasteiger partial charge in [0.15, 0.2) is 0 Å². The van der Waals surface area contributed by atoms with Crippen molar-refractivity contribution in [3.05, 3.63) is 35.4 Å². The van der Waals surface area contributed by atoms with Crippen LogP contribution < -0.4 is 0 Å². The van der Waals surface area contributed by atoms with E-state index in [2.05, 4.69) is 6.92 Å². The Bertz CT molecular complexity index is 417. The summed E-state index contributed by atoms with van der Waals surface area (Å²) in [6.07, 6.45) is 0.626. The van der Waals surface area contributed by atoms with Gasteiger partial charge in [-0.3, -0.25) is 4.89 Å². The summed E-state index contributed by atoms with van der Waals surface area (Å²) in [4.78, 5) is 21.6. The lowest BCUT2D eigenvalue weighted by molar-refractivity contribution is -0.282. The van der Waals surface area contributed by atoms with Crippen molar-refractivity contribution in [3.8, 4) is 0 Å². The summed E-state index contributed by atoms with van der Waals surface area (Å²) in [5.74, 6) is -0.490. The topological polar surface area (TPSA) is 44.8 Å². The number of benzene rings is 1. The minimum absolute atomic E-state index is 0.238. The van der Waals surface area contributed by atoms with Crippen LogP contribution in [0.1, 0.15) is 50.5 Å². The Labute approximate surface area is 121 Å². The fraction of sp³-hybridized carbons (Fsp3) is 0.562. The van der Waals surface area contributed by atoms with Crippen molar-refractivity contribution in [1.82, 2.24) is 0 Å². The average molecular weight is 280 g/mol. The molecule has 0 fully saturated rings. The van der Waals surface area contributed by atoms with Gasteiger partial charge in [-0.1, -0.05) is 19.1 Å². The fourth-order valence-corrected chi connectivity index (χ4v) is 1.45. The Balaban J connectivity index is 2.38. The quantitative estimate of drug-likeness (QED) is 0.590. The van der Waals surface area contributed by atoms with Crippen molar-refractivity contribution in [1.29, 1.82) is 0 Å². The molecule has 1 atom stereocenters. The van der Waals surface area contributed by atoms with Gasteiger partial charge in [-0.05, 0) is 51.8 Å². The molecule has 1 unspecified atom stereocenters. The van der Waals surface area contributed by atoms with Gasteiger partial charge in [0.05, 0.1) is 17.8 Å². The Morgan fingerprint density at radius 3 is 2.30 bits per heavy atom. The highest BCUT2D eigenvalue weighted by Gasteiger charge is 2.15. The highest BCUT2D eigenvalue weighted by Crippen LogP contribution is 2.10. The van der Waals surface area contributed by atoms with Crippen molar-refractivity contribution in [2.24, 2.45) is 0 Å². The van der Waals surface area contributed by atoms with Gasteiger partial charge in [0, 0.05) is 0 Å². The standard InChI is InChI=1S/C16H24O4/c1-6-13-7-9-14(10-8-13)15(17)20-19-12(2)11-18-16(3,4)5/h7-10,12H,6,11H2,1-5H3. The first-order chi connectivity index (χ1) is 9.31. The lowest BCUT2D eigenvalue weighted by Crippen LogP contribution is -2.27. The molecule has 0 aliphatic heterocycles. The molecule has 20 heavy (non-hydrogen) atoms. The van der Waals surface area contributed by atoms with E-state index in [0.29, 0.717) is 12.2 Å². The number of ether oxygens (including phenoxy) is 1. The zero-order chi connectivity index (χ0) is 15.2. The van der Waals surface area contributed by atoms with Gasteiger partial charge in [-0.25, -0.2) is 4.79 Å². The van der Waals surface area contributed by atoms with E-state index in [1.807, 2.05) is 32.9 Å². The summed E-state index contributed by atoms with van der Waals surface area (Å²) in [6, 6.07) is 7.28. The molecule has 0 saturated carbocycles. The third-order valence-electron chi connectivity index (χ3n) is 2.64. The second kappa shape index (κ2) is 7.41. The predicted octanol–water partition coefficient (Wildman–Crippen LogP) is 3.54. The minimum Gasteiger partial charge on any atom is -0.373 e. The first-order valence-electron chi connectivity index (χ1n) is 6.92. The van der Waals surface area contributed by atoms with Crippen LogP contribution in [-0.2, 0) is 20.9 Å². The molecule has 0 aromatic heterocycles. The molecular weight excluding hydrogens is 256 g/mol. The number of hydrogen-bond donors (Lipinski definition) is 0. The molecular formula is C16H24O4. The fourth-order valence-electron chi connectivity index (χ4n) is 1.45. The number of aryl methyl sites for hydroxylation is 1. The normalized spacial score (nSPS) is 13.1. The summed E-state index contributed by atoms with van der Waals surface area (Å²) in [6.45, 7) is 10.1. The van der Waals surface area contributed by atoms with Crippen LogP contribution in [0, 0.1) is 0 Å². The molecule has 0 bridgehead atoms. The van der Waals surface area contributed by atoms with Crippen LogP contribution in [0.15, 0.2) is 24.3 Å². The maximum atomic E-state index is 11.8. The number of rotatable bonds is 6. The molecule has 0 spiro atoms. The van der Waals surface area contributed by atoms with Crippen LogP contribution in [0.5, 0.6) is 0 Å². The molecule has 0 saturated heterocycles. The third kappa shape index (κ3) is 6.17. The third-order valence-corrected chi connectivity index (χ3v) is 2.64. The Kier molecular flexibility index (Phi) is 6.17. The summed E-state index contributed by atoms with van der Waals surface area (Å²) >= 11 is 0. The summed E-state index contributed by atoms with van der Waals surface area (Å²) in [5.41, 5.74) is 1.41. The summed E-state index contributed by atoms with van der Waals surface area (Å²) in [7, 11) is 0. The smallest absolute Gasteiger partial charge is 0.373 e. The van der Waals surface area contributed by atoms with Crippen molar-refractivity contribution < 1.29 is 19.3 Å². The maximum Gasteiger partial charge on any atom is 0.373 e. The summed E-state index contributed by atoms with van der Waals surface area (Å²) < 4.78 is 5.54. The summed E-state index contributed by atoms with van der Waals surface area (Å²) in [5, 5.41) is 0. The maximum absolute atomic E-state index is 11.8. The number of hydrogen-bond acceptors (Lipinski definition) is 4. The molecule has 0 aliphatic rings. The van der Waals surface area contributed by atoms with Gasteiger partial charge in [0.1, 0.15) is 6.10 Å². The van der Waals surface area contributed by atoms with Crippen LogP contribution in [-0.4, -0.2) is 24.3 Å². The molecule has 0 aliphatic carbocycles. The van der Waals surface area contributed by atoms with Crippen LogP contribution in [0.25, 0.3) is 0 Å². The van der Waals surface area contributed by atoms with Gasteiger partial charge in [-0.2, -0.15) is 4.89 Å². The highest BCUT2D eigenvalue weighted by atomic mass is 17.2. The molecule has 4 nitrogen and oxygen atoms in total. The first-order valence-corrected chi connectivity index (χ1v) is 6.92. The molecule has 4 heteroatoms. The van der Waals surface area contributed by atoms with Crippen molar-refractivity contribution >= 4 is 5.97 Å². The molecule has 0 heterocycles.